The molecule has 2 aliphatic rings. The third kappa shape index (κ3) is 5.54. The zero-order chi connectivity index (χ0) is 22.0. The predicted molar refractivity (Wildman–Crippen MR) is 125 cm³/mol. The molecule has 0 radical (unpaired) electrons. The maximum atomic E-state index is 12.3. The second kappa shape index (κ2) is 9.38. The van der Waals surface area contributed by atoms with Crippen LogP contribution in [0.2, 0.25) is 0 Å². The molecule has 3 heterocycles. The van der Waals surface area contributed by atoms with Crippen LogP contribution in [0.1, 0.15) is 62.7 Å². The van der Waals surface area contributed by atoms with E-state index in [1.54, 1.807) is 11.3 Å². The van der Waals surface area contributed by atoms with Crippen LogP contribution < -0.4 is 11.1 Å². The molecule has 0 aromatic carbocycles. The number of aromatic nitrogens is 2. The first kappa shape index (κ1) is 22.4. The number of anilines is 1. The number of carbonyl (C=O) groups is 1. The van der Waals surface area contributed by atoms with Crippen molar-refractivity contribution in [1.29, 1.82) is 0 Å². The summed E-state index contributed by atoms with van der Waals surface area (Å²) >= 11 is 1.79. The highest BCUT2D eigenvalue weighted by Gasteiger charge is 2.25. The quantitative estimate of drug-likeness (QED) is 0.678. The van der Waals surface area contributed by atoms with Gasteiger partial charge in [-0.25, -0.2) is 9.97 Å². The number of hydrogen-bond acceptors (Lipinski definition) is 7. The Balaban J connectivity index is 1.67. The number of rotatable bonds is 7. The number of carbonyl (C=O) groups excluding carboxylic acids is 1. The summed E-state index contributed by atoms with van der Waals surface area (Å²) in [5, 5.41) is 4.55. The van der Waals surface area contributed by atoms with E-state index in [1.165, 1.54) is 23.3 Å². The Morgan fingerprint density at radius 3 is 2.68 bits per heavy atom. The molecule has 31 heavy (non-hydrogen) atoms. The van der Waals surface area contributed by atoms with Crippen molar-refractivity contribution < 1.29 is 9.53 Å². The van der Waals surface area contributed by atoms with E-state index in [0.29, 0.717) is 13.0 Å². The number of nitrogens with one attached hydrogen (secondary N) is 1. The van der Waals surface area contributed by atoms with Crippen molar-refractivity contribution in [3.8, 4) is 0 Å². The third-order valence-electron chi connectivity index (χ3n) is 6.17. The van der Waals surface area contributed by atoms with E-state index in [9.17, 15) is 4.79 Å². The number of aryl methyl sites for hydroxylation is 2. The lowest BCUT2D eigenvalue weighted by Crippen LogP contribution is -2.37. The molecule has 1 aliphatic heterocycles. The Hall–Kier alpha value is -1.77. The highest BCUT2D eigenvalue weighted by atomic mass is 32.1. The second-order valence-corrected chi connectivity index (χ2v) is 11.1. The van der Waals surface area contributed by atoms with Crippen LogP contribution >= 0.6 is 11.3 Å². The Labute approximate surface area is 188 Å². The van der Waals surface area contributed by atoms with Gasteiger partial charge in [0.05, 0.1) is 25.1 Å². The molecular weight excluding hydrogens is 410 g/mol. The standard InChI is InChI=1S/C23H35N5O2S/c1-23(2,3)9-8-16(20(24)29)25-21-19-15-6-4-5-7-17(15)31-22(19)27-18(26-21)14-28-10-12-30-13-11-28/h16H,4-14H2,1-3H3,(H2,24,29)(H,25,26,27). The molecule has 2 aromatic rings. The van der Waals surface area contributed by atoms with Gasteiger partial charge >= 0.3 is 0 Å². The van der Waals surface area contributed by atoms with Gasteiger partial charge in [0, 0.05) is 18.0 Å². The molecule has 1 amide bonds. The number of thiophene rings is 1. The Morgan fingerprint density at radius 2 is 1.97 bits per heavy atom. The molecule has 1 saturated heterocycles. The third-order valence-corrected chi connectivity index (χ3v) is 7.35. The molecule has 1 atom stereocenters. The zero-order valence-electron chi connectivity index (χ0n) is 19.0. The smallest absolute Gasteiger partial charge is 0.239 e. The summed E-state index contributed by atoms with van der Waals surface area (Å²) in [4.78, 5) is 26.9. The van der Waals surface area contributed by atoms with Crippen molar-refractivity contribution >= 4 is 33.3 Å². The summed E-state index contributed by atoms with van der Waals surface area (Å²) in [6, 6.07) is -0.437. The zero-order valence-corrected chi connectivity index (χ0v) is 19.8. The van der Waals surface area contributed by atoms with Crippen molar-refractivity contribution in [3.05, 3.63) is 16.3 Å². The number of amides is 1. The molecule has 0 spiro atoms. The van der Waals surface area contributed by atoms with E-state index in [0.717, 1.165) is 67.4 Å². The van der Waals surface area contributed by atoms with Gasteiger partial charge < -0.3 is 15.8 Å². The van der Waals surface area contributed by atoms with Crippen molar-refractivity contribution in [3.63, 3.8) is 0 Å². The minimum Gasteiger partial charge on any atom is -0.379 e. The van der Waals surface area contributed by atoms with Crippen LogP contribution in [0.15, 0.2) is 0 Å². The topological polar surface area (TPSA) is 93.4 Å². The predicted octanol–water partition coefficient (Wildman–Crippen LogP) is 3.49. The molecule has 170 valence electrons. The van der Waals surface area contributed by atoms with Gasteiger partial charge in [0.1, 0.15) is 22.5 Å². The largest absolute Gasteiger partial charge is 0.379 e. The monoisotopic (exact) mass is 445 g/mol. The van der Waals surface area contributed by atoms with Gasteiger partial charge in [-0.2, -0.15) is 0 Å². The average Bonchev–Trinajstić information content (AvgIpc) is 3.09. The summed E-state index contributed by atoms with van der Waals surface area (Å²) in [5.74, 6) is 1.26. The Kier molecular flexibility index (Phi) is 6.79. The van der Waals surface area contributed by atoms with Gasteiger partial charge in [0.15, 0.2) is 0 Å². The number of hydrogen-bond donors (Lipinski definition) is 2. The van der Waals surface area contributed by atoms with Crippen LogP contribution in [0.25, 0.3) is 10.2 Å². The molecule has 1 aliphatic carbocycles. The molecular formula is C23H35N5O2S. The SMILES string of the molecule is CC(C)(C)CCC(Nc1nc(CN2CCOCC2)nc2sc3c(c12)CCCC3)C(N)=O. The molecule has 1 fully saturated rings. The lowest BCUT2D eigenvalue weighted by Gasteiger charge is -2.26. The van der Waals surface area contributed by atoms with Crippen LogP contribution in [0.3, 0.4) is 0 Å². The average molecular weight is 446 g/mol. The fraction of sp³-hybridized carbons (Fsp3) is 0.696. The molecule has 2 aromatic heterocycles. The molecule has 0 saturated carbocycles. The molecule has 0 bridgehead atoms. The molecule has 8 heteroatoms. The summed E-state index contributed by atoms with van der Waals surface area (Å²) in [5.41, 5.74) is 7.30. The fourth-order valence-corrected chi connectivity index (χ4v) is 5.64. The number of primary amides is 1. The number of morpholine rings is 1. The van der Waals surface area contributed by atoms with Crippen LogP contribution in [-0.4, -0.2) is 53.1 Å². The molecule has 1 unspecified atom stereocenters. The van der Waals surface area contributed by atoms with E-state index in [2.05, 4.69) is 31.0 Å². The Bertz CT molecular complexity index is 930. The van der Waals surface area contributed by atoms with Gasteiger partial charge in [-0.3, -0.25) is 9.69 Å². The minimum absolute atomic E-state index is 0.138. The van der Waals surface area contributed by atoms with E-state index in [-0.39, 0.29) is 11.3 Å². The van der Waals surface area contributed by atoms with E-state index < -0.39 is 6.04 Å². The lowest BCUT2D eigenvalue weighted by molar-refractivity contribution is -0.118. The van der Waals surface area contributed by atoms with E-state index in [4.69, 9.17) is 20.4 Å². The summed E-state index contributed by atoms with van der Waals surface area (Å²) in [6.07, 6.45) is 6.18. The van der Waals surface area contributed by atoms with Crippen LogP contribution in [-0.2, 0) is 28.9 Å². The normalized spacial score (nSPS) is 18.7. The number of fused-ring (bicyclic) bond motifs is 3. The van der Waals surface area contributed by atoms with Gasteiger partial charge in [0.25, 0.3) is 0 Å². The second-order valence-electron chi connectivity index (χ2n) is 9.97. The summed E-state index contributed by atoms with van der Waals surface area (Å²) in [6.45, 7) is 10.5. The summed E-state index contributed by atoms with van der Waals surface area (Å²) < 4.78 is 5.48. The van der Waals surface area contributed by atoms with Gasteiger partial charge in [-0.1, -0.05) is 20.8 Å². The number of ether oxygens (including phenoxy) is 1. The molecule has 7 nitrogen and oxygen atoms in total. The first-order chi connectivity index (χ1) is 14.8. The van der Waals surface area contributed by atoms with Crippen molar-refractivity contribution in [2.24, 2.45) is 11.1 Å². The maximum Gasteiger partial charge on any atom is 0.239 e. The number of nitrogens with zero attached hydrogens (tertiary/aromatic N) is 3. The van der Waals surface area contributed by atoms with Gasteiger partial charge in [-0.05, 0) is 49.5 Å². The van der Waals surface area contributed by atoms with Crippen LogP contribution in [0.5, 0.6) is 0 Å². The lowest BCUT2D eigenvalue weighted by atomic mass is 9.88. The highest BCUT2D eigenvalue weighted by Crippen LogP contribution is 2.39. The highest BCUT2D eigenvalue weighted by molar-refractivity contribution is 7.19. The first-order valence-corrected chi connectivity index (χ1v) is 12.3. The molecule has 4 rings (SSSR count). The Morgan fingerprint density at radius 1 is 1.23 bits per heavy atom. The summed E-state index contributed by atoms with van der Waals surface area (Å²) in [7, 11) is 0. The van der Waals surface area contributed by atoms with Gasteiger partial charge in [-0.15, -0.1) is 11.3 Å². The number of nitrogens with two attached hydrogens (primary N) is 1. The maximum absolute atomic E-state index is 12.3. The van der Waals surface area contributed by atoms with Crippen LogP contribution in [0.4, 0.5) is 5.82 Å². The van der Waals surface area contributed by atoms with E-state index in [1.807, 2.05) is 0 Å². The van der Waals surface area contributed by atoms with Crippen molar-refractivity contribution in [2.45, 2.75) is 71.9 Å². The first-order valence-electron chi connectivity index (χ1n) is 11.5. The molecule has 3 N–H and O–H groups in total. The fourth-order valence-electron chi connectivity index (χ4n) is 4.36. The van der Waals surface area contributed by atoms with Crippen molar-refractivity contribution in [2.75, 3.05) is 31.6 Å². The minimum atomic E-state index is -0.437. The van der Waals surface area contributed by atoms with Crippen LogP contribution in [0, 0.1) is 5.41 Å². The van der Waals surface area contributed by atoms with Gasteiger partial charge in [0.2, 0.25) is 5.91 Å². The van der Waals surface area contributed by atoms with E-state index >= 15 is 0 Å². The van der Waals surface area contributed by atoms with Crippen molar-refractivity contribution in [1.82, 2.24) is 14.9 Å².